The van der Waals surface area contributed by atoms with Gasteiger partial charge in [0.15, 0.2) is 12.6 Å². The second-order valence-electron chi connectivity index (χ2n) is 20.4. The molecule has 2 heterocycles. The van der Waals surface area contributed by atoms with Gasteiger partial charge in [0.1, 0.15) is 54.9 Å². The molecular weight excluding hydrogens is 981 g/mol. The number of unbranched alkanes of at least 4 members (excludes halogenated alkanes) is 17. The minimum absolute atomic E-state index is 0.0455. The number of allylic oxidation sites excluding steroid dienone is 16. The lowest BCUT2D eigenvalue weighted by atomic mass is 9.98. The van der Waals surface area contributed by atoms with Crippen LogP contribution in [0.1, 0.15) is 194 Å². The van der Waals surface area contributed by atoms with E-state index in [1.165, 1.54) is 57.8 Å². The van der Waals surface area contributed by atoms with Crippen molar-refractivity contribution in [2.24, 2.45) is 0 Å². The minimum Gasteiger partial charge on any atom is -0.457 e. The van der Waals surface area contributed by atoms with Crippen LogP contribution < -0.4 is 0 Å². The van der Waals surface area contributed by atoms with Gasteiger partial charge in [-0.05, 0) is 96.3 Å². The molecule has 2 fully saturated rings. The molecule has 0 radical (unpaired) electrons. The van der Waals surface area contributed by atoms with E-state index in [2.05, 4.69) is 111 Å². The average Bonchev–Trinajstić information content (AvgIpc) is 3.43. The van der Waals surface area contributed by atoms with E-state index in [0.29, 0.717) is 13.0 Å². The highest BCUT2D eigenvalue weighted by molar-refractivity contribution is 5.69. The maximum Gasteiger partial charge on any atom is 0.306 e. The van der Waals surface area contributed by atoms with Crippen LogP contribution in [0.15, 0.2) is 97.2 Å². The van der Waals surface area contributed by atoms with E-state index in [9.17, 15) is 40.5 Å². The van der Waals surface area contributed by atoms with Crippen molar-refractivity contribution in [1.82, 2.24) is 0 Å². The van der Waals surface area contributed by atoms with E-state index in [1.807, 2.05) is 0 Å². The van der Waals surface area contributed by atoms with Gasteiger partial charge < -0.3 is 64.2 Å². The third-order valence-corrected chi connectivity index (χ3v) is 13.6. The van der Waals surface area contributed by atoms with Crippen LogP contribution in [0, 0.1) is 0 Å². The molecule has 77 heavy (non-hydrogen) atoms. The standard InChI is InChI=1S/C63H106O14/c1-3-5-7-9-11-13-15-17-19-21-23-24-25-26-27-28-29-30-32-34-36-38-40-42-44-46-55(65)75-52(49-72-47-45-43-41-39-37-35-33-31-22-20-18-16-14-12-10-8-6-4-2)50-73-62-61(71)59(69)57(67)54(77-62)51-74-63-60(70)58(68)56(66)53(48-64)76-63/h5,7,11-14,17-20,23-24,26-27,29-30,52-54,56-64,66-71H,3-4,6,8-10,15-16,21-22,25,28,31-51H2,1-2H3/b7-5-,13-11-,14-12-,19-17-,20-18-,24-23-,27-26-,30-29-. The maximum absolute atomic E-state index is 13.1. The zero-order valence-corrected chi connectivity index (χ0v) is 47.4. The number of carbonyl (C=O) groups is 1. The van der Waals surface area contributed by atoms with Gasteiger partial charge in [0.05, 0.1) is 26.4 Å². The number of ether oxygens (including phenoxy) is 6. The quantitative estimate of drug-likeness (QED) is 0.0172. The van der Waals surface area contributed by atoms with Crippen molar-refractivity contribution in [3.8, 4) is 0 Å². The Balaban J connectivity index is 1.72. The van der Waals surface area contributed by atoms with Gasteiger partial charge in [0.25, 0.3) is 0 Å². The van der Waals surface area contributed by atoms with Gasteiger partial charge in [-0.1, -0.05) is 188 Å². The fourth-order valence-electron chi connectivity index (χ4n) is 8.79. The molecule has 11 atom stereocenters. The fraction of sp³-hybridized carbons (Fsp3) is 0.730. The number of esters is 1. The summed E-state index contributed by atoms with van der Waals surface area (Å²) >= 11 is 0. The smallest absolute Gasteiger partial charge is 0.306 e. The lowest BCUT2D eigenvalue weighted by Gasteiger charge is -2.42. The number of carbonyl (C=O) groups excluding carboxylic acids is 1. The molecule has 0 aromatic rings. The molecule has 2 aliphatic heterocycles. The molecule has 7 N–H and O–H groups in total. The second kappa shape index (κ2) is 48.8. The third-order valence-electron chi connectivity index (χ3n) is 13.6. The van der Waals surface area contributed by atoms with Gasteiger partial charge in [-0.15, -0.1) is 0 Å². The van der Waals surface area contributed by atoms with Crippen LogP contribution in [0.25, 0.3) is 0 Å². The van der Waals surface area contributed by atoms with Gasteiger partial charge in [-0.3, -0.25) is 4.79 Å². The molecule has 14 nitrogen and oxygen atoms in total. The lowest BCUT2D eigenvalue weighted by molar-refractivity contribution is -0.332. The molecule has 11 unspecified atom stereocenters. The first-order valence-electron chi connectivity index (χ1n) is 29.8. The summed E-state index contributed by atoms with van der Waals surface area (Å²) in [5.41, 5.74) is 0. The number of rotatable bonds is 47. The summed E-state index contributed by atoms with van der Waals surface area (Å²) in [7, 11) is 0. The van der Waals surface area contributed by atoms with E-state index in [0.717, 1.165) is 109 Å². The van der Waals surface area contributed by atoms with Gasteiger partial charge in [0, 0.05) is 13.0 Å². The van der Waals surface area contributed by atoms with Crippen LogP contribution in [-0.4, -0.2) is 142 Å². The first kappa shape index (κ1) is 70.0. The highest BCUT2D eigenvalue weighted by Gasteiger charge is 2.47. The Morgan fingerprint density at radius 1 is 0.442 bits per heavy atom. The fourth-order valence-corrected chi connectivity index (χ4v) is 8.79. The van der Waals surface area contributed by atoms with E-state index in [1.54, 1.807) is 0 Å². The topological polar surface area (TPSA) is 214 Å². The summed E-state index contributed by atoms with van der Waals surface area (Å²) in [6, 6.07) is 0. The van der Waals surface area contributed by atoms with Crippen LogP contribution in [0.3, 0.4) is 0 Å². The summed E-state index contributed by atoms with van der Waals surface area (Å²) in [6.45, 7) is 3.51. The number of hydrogen-bond donors (Lipinski definition) is 7. The van der Waals surface area contributed by atoms with Crippen molar-refractivity contribution in [1.29, 1.82) is 0 Å². The first-order chi connectivity index (χ1) is 37.6. The van der Waals surface area contributed by atoms with E-state index < -0.39 is 86.7 Å². The number of hydrogen-bond acceptors (Lipinski definition) is 14. The molecule has 0 aromatic carbocycles. The van der Waals surface area contributed by atoms with Crippen molar-refractivity contribution < 1.29 is 69.0 Å². The second-order valence-corrected chi connectivity index (χ2v) is 20.4. The van der Waals surface area contributed by atoms with Crippen molar-refractivity contribution in [3.63, 3.8) is 0 Å². The third kappa shape index (κ3) is 35.3. The molecular formula is C63H106O14. The van der Waals surface area contributed by atoms with Crippen LogP contribution in [-0.2, 0) is 33.2 Å². The molecule has 0 spiro atoms. The predicted molar refractivity (Wildman–Crippen MR) is 307 cm³/mol. The lowest BCUT2D eigenvalue weighted by Crippen LogP contribution is -2.61. The van der Waals surface area contributed by atoms with E-state index in [4.69, 9.17) is 28.4 Å². The highest BCUT2D eigenvalue weighted by atomic mass is 16.7. The van der Waals surface area contributed by atoms with Crippen molar-refractivity contribution >= 4 is 5.97 Å². The van der Waals surface area contributed by atoms with Gasteiger partial charge in [-0.2, -0.15) is 0 Å². The zero-order valence-electron chi connectivity index (χ0n) is 47.4. The average molecular weight is 1090 g/mol. The Labute approximate surface area is 464 Å². The Hall–Kier alpha value is -3.09. The van der Waals surface area contributed by atoms with E-state index in [-0.39, 0.29) is 19.6 Å². The monoisotopic (exact) mass is 1090 g/mol. The Bertz CT molecular complexity index is 1640. The van der Waals surface area contributed by atoms with Gasteiger partial charge in [-0.25, -0.2) is 0 Å². The van der Waals surface area contributed by atoms with Crippen molar-refractivity contribution in [2.75, 3.05) is 33.0 Å². The molecule has 0 aromatic heterocycles. The van der Waals surface area contributed by atoms with Crippen LogP contribution in [0.2, 0.25) is 0 Å². The highest BCUT2D eigenvalue weighted by Crippen LogP contribution is 2.26. The Kier molecular flexibility index (Phi) is 44.4. The predicted octanol–water partition coefficient (Wildman–Crippen LogP) is 11.0. The normalized spacial score (nSPS) is 25.0. The van der Waals surface area contributed by atoms with Crippen LogP contribution in [0.4, 0.5) is 0 Å². The van der Waals surface area contributed by atoms with Gasteiger partial charge in [0.2, 0.25) is 0 Å². The molecule has 0 saturated carbocycles. The zero-order chi connectivity index (χ0) is 55.8. The SMILES string of the molecule is CC/C=C\C/C=C\C/C=C\C/C=C\C/C=C\C/C=C\CCCCCCCCC(=O)OC(COCCCCCCCCCC/C=C\C/C=C\CCCCC)COC1OC(COC2OC(CO)C(O)C(O)C2O)C(O)C(O)C1O. The van der Waals surface area contributed by atoms with Crippen molar-refractivity contribution in [3.05, 3.63) is 97.2 Å². The molecule has 14 heteroatoms. The minimum atomic E-state index is -1.72. The molecule has 2 rings (SSSR count). The number of aliphatic hydroxyl groups excluding tert-OH is 7. The molecule has 2 aliphatic rings. The number of aliphatic hydroxyl groups is 7. The molecule has 0 amide bonds. The summed E-state index contributed by atoms with van der Waals surface area (Å²) < 4.78 is 34.4. The van der Waals surface area contributed by atoms with E-state index >= 15 is 0 Å². The van der Waals surface area contributed by atoms with Gasteiger partial charge >= 0.3 is 5.97 Å². The van der Waals surface area contributed by atoms with Crippen molar-refractivity contribution in [2.45, 2.75) is 261 Å². The summed E-state index contributed by atoms with van der Waals surface area (Å²) in [5.74, 6) is -0.396. The maximum atomic E-state index is 13.1. The molecule has 0 bridgehead atoms. The molecule has 2 saturated heterocycles. The van der Waals surface area contributed by atoms with Crippen LogP contribution in [0.5, 0.6) is 0 Å². The Morgan fingerprint density at radius 3 is 1.32 bits per heavy atom. The molecule has 0 aliphatic carbocycles. The summed E-state index contributed by atoms with van der Waals surface area (Å²) in [5, 5.41) is 72.4. The largest absolute Gasteiger partial charge is 0.457 e. The Morgan fingerprint density at radius 2 is 0.844 bits per heavy atom. The van der Waals surface area contributed by atoms with Crippen LogP contribution >= 0.6 is 0 Å². The molecule has 442 valence electrons. The summed E-state index contributed by atoms with van der Waals surface area (Å²) in [6.07, 6.45) is 48.8. The first-order valence-corrected chi connectivity index (χ1v) is 29.8. The summed E-state index contributed by atoms with van der Waals surface area (Å²) in [4.78, 5) is 13.1.